The average molecular weight is 726 g/mol. The van der Waals surface area contributed by atoms with Crippen LogP contribution in [0, 0.1) is 0 Å². The average Bonchev–Trinajstić information content (AvgIpc) is 3.75. The van der Waals surface area contributed by atoms with Gasteiger partial charge in [-0.1, -0.05) is 0 Å². The van der Waals surface area contributed by atoms with E-state index in [4.69, 9.17) is 39.2 Å². The van der Waals surface area contributed by atoms with Gasteiger partial charge in [-0.15, -0.1) is 0 Å². The summed E-state index contributed by atoms with van der Waals surface area (Å²) in [5.41, 5.74) is 11.6. The number of alkyl halides is 2. The number of hydrogen-bond acceptors (Lipinski definition) is 16. The minimum atomic E-state index is -4.46. The predicted octanol–water partition coefficient (Wildman–Crippen LogP) is 1.43. The van der Waals surface area contributed by atoms with Gasteiger partial charge in [0.1, 0.15) is 0 Å². The fraction of sp³-hybridized carbons (Fsp3) is 0.500. The Hall–Kier alpha value is -2.49. The number of thiol groups is 2. The Morgan fingerprint density at radius 3 is 2.52 bits per heavy atom. The van der Waals surface area contributed by atoms with Gasteiger partial charge in [0, 0.05) is 0 Å². The summed E-state index contributed by atoms with van der Waals surface area (Å²) in [6, 6.07) is 1.53. The van der Waals surface area contributed by atoms with Crippen LogP contribution in [-0.2, 0) is 32.3 Å². The predicted molar refractivity (Wildman–Crippen MR) is 165 cm³/mol. The number of aromatic amines is 1. The molecule has 7 rings (SSSR count). The molecule has 3 aliphatic heterocycles. The number of nitrogens with one attached hydrogen (secondary N) is 1. The summed E-state index contributed by atoms with van der Waals surface area (Å²) in [5.74, 6) is -0.252. The summed E-state index contributed by atoms with van der Waals surface area (Å²) in [6.07, 6.45) is -9.25. The maximum atomic E-state index is 16.0. The molecular formula is C22H27F2N9O9P2S2. The molecule has 46 heavy (non-hydrogen) atoms. The molecule has 0 aliphatic carbocycles. The molecule has 0 spiro atoms. The number of fused-ring (bicyclic) bond motifs is 5. The zero-order chi connectivity index (χ0) is 32.5. The molecule has 24 heteroatoms. The van der Waals surface area contributed by atoms with Gasteiger partial charge < -0.3 is 0 Å². The molecule has 3 fully saturated rings. The van der Waals surface area contributed by atoms with Gasteiger partial charge in [0.2, 0.25) is 0 Å². The van der Waals surface area contributed by atoms with Gasteiger partial charge in [0.05, 0.1) is 0 Å². The van der Waals surface area contributed by atoms with Crippen LogP contribution in [0.3, 0.4) is 0 Å². The van der Waals surface area contributed by atoms with Crippen LogP contribution in [0.4, 0.5) is 20.4 Å². The van der Waals surface area contributed by atoms with Gasteiger partial charge in [-0.05, 0) is 0 Å². The van der Waals surface area contributed by atoms with E-state index in [1.165, 1.54) is 27.7 Å². The number of aromatic nitrogens is 7. The number of nitrogen functional groups attached to an aromatic ring is 2. The van der Waals surface area contributed by atoms with E-state index in [1.807, 2.05) is 0 Å². The van der Waals surface area contributed by atoms with Crippen molar-refractivity contribution in [2.24, 2.45) is 0 Å². The number of anilines is 2. The molecule has 0 unspecified atom stereocenters. The van der Waals surface area contributed by atoms with Crippen LogP contribution < -0.4 is 17.0 Å². The number of H-pyrrole nitrogens is 1. The second-order valence-corrected chi connectivity index (χ2v) is 17.7. The van der Waals surface area contributed by atoms with Crippen molar-refractivity contribution in [2.45, 2.75) is 49.2 Å². The molecule has 0 radical (unpaired) electrons. The second-order valence-electron chi connectivity index (χ2n) is 10.7. The first-order chi connectivity index (χ1) is 21.8. The quantitative estimate of drug-likeness (QED) is 0.127. The molecule has 2 bridgehead atoms. The number of nitrogens with zero attached hydrogens (tertiary/aromatic N) is 6. The standard InChI is InChI=1S/C22H27F2N9O9P2S2/c23-11-9-3-38-43(35,45)7-37-15-10(41-20(12(15)24)32-5-28-13-8(25)1-2-27-17(13)32)4-39-44(36,46)42-16(11)21(40-9)33-6-29-14-18(33)30-22(26)31-19(14)34/h1-2,5-6,9-12,15-16,20-21,35,43,45H,3-4,7H2,(H2,25,27)(H,36,46)(H3,26,30,31,34)/t9-,10-,11-,12+,15-,16-,20-,21-,44-/m1/s1. The Bertz CT molecular complexity index is 1900. The van der Waals surface area contributed by atoms with Crippen molar-refractivity contribution in [1.29, 1.82) is 0 Å². The number of nitrogens with two attached hydrogens (primary N) is 2. The SMILES string of the molecule is Nc1nc2c(ncn2[C@@H]2O[C@@H]3CO[PH](O)(S)CO[C@H]4[C@H](F)[C@H](n5cnc6c(N)ccnc65)O[C@@H]4CO[P@@](=O)(S)O[C@@H]2[C@@H]3F)c(=O)[nH]1. The molecule has 4 aromatic heterocycles. The Balaban J connectivity index is 1.20. The molecule has 0 aromatic carbocycles. The van der Waals surface area contributed by atoms with Crippen molar-refractivity contribution in [2.75, 3.05) is 31.0 Å². The number of rotatable bonds is 2. The summed E-state index contributed by atoms with van der Waals surface area (Å²) in [5, 5.41) is 0. The van der Waals surface area contributed by atoms with Crippen molar-refractivity contribution in [3.05, 3.63) is 35.3 Å². The van der Waals surface area contributed by atoms with Crippen LogP contribution in [0.25, 0.3) is 22.3 Å². The first kappa shape index (κ1) is 32.1. The Labute approximate surface area is 267 Å². The third-order valence-electron chi connectivity index (χ3n) is 7.62. The summed E-state index contributed by atoms with van der Waals surface area (Å²) in [4.78, 5) is 42.0. The van der Waals surface area contributed by atoms with Gasteiger partial charge in [-0.25, -0.2) is 0 Å². The van der Waals surface area contributed by atoms with Crippen molar-refractivity contribution in [1.82, 2.24) is 34.1 Å². The molecule has 4 aromatic rings. The molecule has 7 heterocycles. The molecule has 6 N–H and O–H groups in total. The van der Waals surface area contributed by atoms with Crippen LogP contribution in [0.15, 0.2) is 29.7 Å². The van der Waals surface area contributed by atoms with E-state index in [-0.39, 0.29) is 22.8 Å². The van der Waals surface area contributed by atoms with Crippen molar-refractivity contribution in [3.8, 4) is 0 Å². The normalized spacial score (nSPS) is 36.0. The fourth-order valence-electron chi connectivity index (χ4n) is 5.50. The number of imidazole rings is 2. The van der Waals surface area contributed by atoms with Crippen LogP contribution in [-0.4, -0.2) is 95.3 Å². The summed E-state index contributed by atoms with van der Waals surface area (Å²) < 4.78 is 82.1. The molecule has 0 amide bonds. The Morgan fingerprint density at radius 1 is 1.02 bits per heavy atom. The summed E-state index contributed by atoms with van der Waals surface area (Å²) in [7, 11) is 0. The van der Waals surface area contributed by atoms with Crippen LogP contribution in [0.5, 0.6) is 0 Å². The van der Waals surface area contributed by atoms with Crippen molar-refractivity contribution >= 4 is 72.2 Å². The molecular weight excluding hydrogens is 698 g/mol. The number of halogens is 2. The zero-order valence-corrected chi connectivity index (χ0v) is 26.9. The van der Waals surface area contributed by atoms with Crippen LogP contribution in [0.1, 0.15) is 12.5 Å². The van der Waals surface area contributed by atoms with Crippen molar-refractivity contribution < 1.29 is 46.0 Å². The molecule has 18 nitrogen and oxygen atoms in total. The molecule has 9 atom stereocenters. The van der Waals surface area contributed by atoms with Gasteiger partial charge in [0.25, 0.3) is 0 Å². The summed E-state index contributed by atoms with van der Waals surface area (Å²) in [6.45, 7) is -9.71. The topological polar surface area (TPSA) is 239 Å². The zero-order valence-electron chi connectivity index (χ0n) is 23.2. The number of hydrogen-bond donors (Lipinski definition) is 6. The maximum absolute atomic E-state index is 16.0. The monoisotopic (exact) mass is 725 g/mol. The first-order valence-corrected chi connectivity index (χ1v) is 19.6. The molecule has 3 aliphatic rings. The molecule has 0 saturated carbocycles. The van der Waals surface area contributed by atoms with E-state index < -0.39 is 88.1 Å². The fourth-order valence-corrected chi connectivity index (χ4v) is 8.32. The number of pyridine rings is 1. The molecule has 250 valence electrons. The minimum absolute atomic E-state index is 0.0829. The van der Waals surface area contributed by atoms with Gasteiger partial charge in [-0.3, -0.25) is 0 Å². The van der Waals surface area contributed by atoms with E-state index in [0.29, 0.717) is 11.2 Å². The third-order valence-corrected chi connectivity index (χ3v) is 11.2. The van der Waals surface area contributed by atoms with Gasteiger partial charge in [0.15, 0.2) is 0 Å². The molecule has 3 saturated heterocycles. The van der Waals surface area contributed by atoms with E-state index >= 15 is 8.78 Å². The number of ether oxygens (including phenoxy) is 3. The van der Waals surface area contributed by atoms with Crippen molar-refractivity contribution in [3.63, 3.8) is 0 Å². The van der Waals surface area contributed by atoms with E-state index in [9.17, 15) is 14.3 Å². The van der Waals surface area contributed by atoms with Gasteiger partial charge in [-0.2, -0.15) is 0 Å². The van der Waals surface area contributed by atoms with E-state index in [0.717, 1.165) is 6.33 Å². The van der Waals surface area contributed by atoms with Crippen LogP contribution in [0.2, 0.25) is 0 Å². The third kappa shape index (κ3) is 5.79. The van der Waals surface area contributed by atoms with Gasteiger partial charge >= 0.3 is 268 Å². The summed E-state index contributed by atoms with van der Waals surface area (Å²) >= 11 is 8.24. The van der Waals surface area contributed by atoms with Crippen LogP contribution >= 0.6 is 38.2 Å². The first-order valence-electron chi connectivity index (χ1n) is 13.6. The van der Waals surface area contributed by atoms with E-state index in [1.54, 1.807) is 0 Å². The van der Waals surface area contributed by atoms with E-state index in [2.05, 4.69) is 49.4 Å². The Kier molecular flexibility index (Phi) is 8.29. The second kappa shape index (κ2) is 11.9. The Morgan fingerprint density at radius 2 is 1.74 bits per heavy atom.